The number of hydrogen-bond acceptors (Lipinski definition) is 1. The highest BCUT2D eigenvalue weighted by Gasteiger charge is 2.24. The van der Waals surface area contributed by atoms with Crippen LogP contribution in [0.4, 0.5) is 0 Å². The molecule has 116 valence electrons. The van der Waals surface area contributed by atoms with Crippen LogP contribution in [0.25, 0.3) is 10.8 Å². The molecule has 2 aromatic carbocycles. The second kappa shape index (κ2) is 6.16. The van der Waals surface area contributed by atoms with Gasteiger partial charge in [0.05, 0.1) is 0 Å². The third-order valence-corrected chi connectivity index (χ3v) is 5.35. The minimum atomic E-state index is 0.318. The Morgan fingerprint density at radius 3 is 2.39 bits per heavy atom. The predicted octanol–water partition coefficient (Wildman–Crippen LogP) is 6.00. The van der Waals surface area contributed by atoms with E-state index in [1.807, 2.05) is 0 Å². The first-order valence-electron chi connectivity index (χ1n) is 8.80. The molecule has 0 atom stereocenters. The highest BCUT2D eigenvalue weighted by Crippen LogP contribution is 2.35. The normalized spacial score (nSPS) is 18.8. The van der Waals surface area contributed by atoms with Gasteiger partial charge in [0, 0.05) is 23.1 Å². The van der Waals surface area contributed by atoms with Gasteiger partial charge in [0.15, 0.2) is 0 Å². The van der Waals surface area contributed by atoms with Crippen molar-refractivity contribution < 1.29 is 0 Å². The van der Waals surface area contributed by atoms with Crippen LogP contribution >= 0.6 is 0 Å². The van der Waals surface area contributed by atoms with Crippen molar-refractivity contribution in [2.45, 2.75) is 38.0 Å². The van der Waals surface area contributed by atoms with Crippen molar-refractivity contribution in [2.75, 3.05) is 0 Å². The summed E-state index contributed by atoms with van der Waals surface area (Å²) in [5.74, 6) is 0.751. The minimum Gasteiger partial charge on any atom is -0.304 e. The first-order valence-corrected chi connectivity index (χ1v) is 8.80. The van der Waals surface area contributed by atoms with E-state index < -0.39 is 0 Å². The van der Waals surface area contributed by atoms with E-state index >= 15 is 0 Å². The van der Waals surface area contributed by atoms with Gasteiger partial charge in [-0.2, -0.15) is 0 Å². The lowest BCUT2D eigenvalue weighted by Gasteiger charge is -2.26. The van der Waals surface area contributed by atoms with E-state index in [2.05, 4.69) is 60.7 Å². The van der Waals surface area contributed by atoms with Crippen molar-refractivity contribution in [1.29, 1.82) is 5.41 Å². The molecule has 0 aliphatic heterocycles. The van der Waals surface area contributed by atoms with Gasteiger partial charge in [-0.3, -0.25) is 0 Å². The van der Waals surface area contributed by atoms with Gasteiger partial charge in [0.2, 0.25) is 0 Å². The number of allylic oxidation sites excluding steroid dienone is 4. The van der Waals surface area contributed by atoms with Crippen LogP contribution in [0.3, 0.4) is 0 Å². The summed E-state index contributed by atoms with van der Waals surface area (Å²) in [4.78, 5) is 0. The molecule has 4 rings (SSSR count). The van der Waals surface area contributed by atoms with Gasteiger partial charge in [-0.1, -0.05) is 80.0 Å². The summed E-state index contributed by atoms with van der Waals surface area (Å²) >= 11 is 0. The Hall–Kier alpha value is -2.15. The van der Waals surface area contributed by atoms with Gasteiger partial charge in [-0.05, 0) is 29.2 Å². The van der Waals surface area contributed by atoms with E-state index in [1.165, 1.54) is 54.0 Å². The van der Waals surface area contributed by atoms with Gasteiger partial charge < -0.3 is 5.41 Å². The van der Waals surface area contributed by atoms with Crippen LogP contribution in [0.1, 0.15) is 49.1 Å². The Bertz CT molecular complexity index is 779. The van der Waals surface area contributed by atoms with Crippen molar-refractivity contribution in [3.63, 3.8) is 0 Å². The molecule has 0 heterocycles. The number of benzene rings is 2. The molecule has 1 N–H and O–H groups in total. The molecule has 2 aliphatic rings. The Balaban J connectivity index is 1.86. The summed E-state index contributed by atoms with van der Waals surface area (Å²) in [5.41, 5.74) is 3.35. The van der Waals surface area contributed by atoms with Gasteiger partial charge in [-0.15, -0.1) is 0 Å². The van der Waals surface area contributed by atoms with Gasteiger partial charge in [0.1, 0.15) is 0 Å². The molecule has 0 aromatic heterocycles. The predicted molar refractivity (Wildman–Crippen MR) is 98.4 cm³/mol. The number of hydrogen-bond donors (Lipinski definition) is 1. The summed E-state index contributed by atoms with van der Waals surface area (Å²) in [5, 5.41) is 11.5. The first kappa shape index (κ1) is 14.4. The van der Waals surface area contributed by atoms with Crippen LogP contribution < -0.4 is 0 Å². The lowest BCUT2D eigenvalue weighted by atomic mass is 9.79. The fourth-order valence-electron chi connectivity index (χ4n) is 4.10. The molecule has 1 saturated carbocycles. The Morgan fingerprint density at radius 2 is 1.61 bits per heavy atom. The molecular weight excluding hydrogens is 278 g/mol. The maximum absolute atomic E-state index is 8.96. The maximum atomic E-state index is 8.96. The standard InChI is InChI=1S/C22H23N/c23-22(18-11-2-1-3-12-18)21-19-13-7-6-10-17(19)14-15-20(21)16-8-4-5-9-16/h4-10,13-16,18,23H,1-3,11-12H2. The maximum Gasteiger partial charge on any atom is 0.0426 e. The van der Waals surface area contributed by atoms with Crippen molar-refractivity contribution in [1.82, 2.24) is 0 Å². The fraction of sp³-hybridized carbons (Fsp3) is 0.318. The van der Waals surface area contributed by atoms with E-state index in [4.69, 9.17) is 5.41 Å². The monoisotopic (exact) mass is 301 g/mol. The summed E-state index contributed by atoms with van der Waals surface area (Å²) < 4.78 is 0. The molecular formula is C22H23N. The van der Waals surface area contributed by atoms with E-state index in [0.717, 1.165) is 5.71 Å². The second-order valence-electron chi connectivity index (χ2n) is 6.80. The third-order valence-electron chi connectivity index (χ3n) is 5.35. The van der Waals surface area contributed by atoms with Gasteiger partial charge in [0.25, 0.3) is 0 Å². The van der Waals surface area contributed by atoms with E-state index in [9.17, 15) is 0 Å². The molecule has 1 fully saturated rings. The molecule has 0 unspecified atom stereocenters. The lowest BCUT2D eigenvalue weighted by molar-refractivity contribution is 0.438. The minimum absolute atomic E-state index is 0.318. The molecule has 0 bridgehead atoms. The SMILES string of the molecule is N=C(c1c(C2C=CC=C2)ccc2ccccc12)C1CCCCC1. The van der Waals surface area contributed by atoms with Crippen LogP contribution in [0.2, 0.25) is 0 Å². The van der Waals surface area contributed by atoms with Crippen molar-refractivity contribution in [3.8, 4) is 0 Å². The van der Waals surface area contributed by atoms with Gasteiger partial charge in [-0.25, -0.2) is 0 Å². The molecule has 0 spiro atoms. The average molecular weight is 301 g/mol. The number of rotatable bonds is 3. The Morgan fingerprint density at radius 1 is 0.870 bits per heavy atom. The highest BCUT2D eigenvalue weighted by atomic mass is 14.5. The zero-order valence-electron chi connectivity index (χ0n) is 13.5. The zero-order chi connectivity index (χ0) is 15.6. The van der Waals surface area contributed by atoms with Crippen molar-refractivity contribution in [3.05, 3.63) is 71.8 Å². The lowest BCUT2D eigenvalue weighted by Crippen LogP contribution is -2.20. The largest absolute Gasteiger partial charge is 0.304 e. The third kappa shape index (κ3) is 2.65. The smallest absolute Gasteiger partial charge is 0.0426 e. The number of nitrogens with one attached hydrogen (secondary N) is 1. The molecule has 0 amide bonds. The summed E-state index contributed by atoms with van der Waals surface area (Å²) in [6, 6.07) is 13.0. The molecule has 0 radical (unpaired) electrons. The van der Waals surface area contributed by atoms with Crippen LogP contribution in [0.5, 0.6) is 0 Å². The van der Waals surface area contributed by atoms with E-state index in [-0.39, 0.29) is 0 Å². The van der Waals surface area contributed by atoms with Crippen molar-refractivity contribution >= 4 is 16.5 Å². The zero-order valence-corrected chi connectivity index (χ0v) is 13.5. The molecule has 23 heavy (non-hydrogen) atoms. The molecule has 1 heteroatoms. The van der Waals surface area contributed by atoms with E-state index in [0.29, 0.717) is 11.8 Å². The first-order chi connectivity index (χ1) is 11.3. The molecule has 1 nitrogen and oxygen atoms in total. The molecule has 0 saturated heterocycles. The summed E-state index contributed by atoms with van der Waals surface area (Å²) in [7, 11) is 0. The quantitative estimate of drug-likeness (QED) is 0.672. The molecule has 2 aliphatic carbocycles. The topological polar surface area (TPSA) is 23.9 Å². The summed E-state index contributed by atoms with van der Waals surface area (Å²) in [6.45, 7) is 0. The fourth-order valence-corrected chi connectivity index (χ4v) is 4.10. The van der Waals surface area contributed by atoms with Crippen LogP contribution in [-0.4, -0.2) is 5.71 Å². The average Bonchev–Trinajstić information content (AvgIpc) is 3.15. The molecule has 2 aromatic rings. The van der Waals surface area contributed by atoms with Crippen LogP contribution in [0.15, 0.2) is 60.7 Å². The number of fused-ring (bicyclic) bond motifs is 1. The highest BCUT2D eigenvalue weighted by molar-refractivity contribution is 6.12. The Labute approximate surface area is 138 Å². The van der Waals surface area contributed by atoms with Crippen LogP contribution in [0, 0.1) is 11.3 Å². The second-order valence-corrected chi connectivity index (χ2v) is 6.80. The van der Waals surface area contributed by atoms with Crippen LogP contribution in [-0.2, 0) is 0 Å². The van der Waals surface area contributed by atoms with Gasteiger partial charge >= 0.3 is 0 Å². The summed E-state index contributed by atoms with van der Waals surface area (Å²) in [6.07, 6.45) is 15.0. The van der Waals surface area contributed by atoms with Crippen molar-refractivity contribution in [2.24, 2.45) is 5.92 Å². The van der Waals surface area contributed by atoms with E-state index in [1.54, 1.807) is 0 Å². The Kier molecular flexibility index (Phi) is 3.87.